The predicted octanol–water partition coefficient (Wildman–Crippen LogP) is 3.87. The first-order valence-electron chi connectivity index (χ1n) is 11.6. The Labute approximate surface area is 211 Å². The van der Waals surface area contributed by atoms with Gasteiger partial charge in [0.25, 0.3) is 11.8 Å². The van der Waals surface area contributed by atoms with E-state index in [-0.39, 0.29) is 40.2 Å². The molecule has 3 N–H and O–H groups in total. The molecule has 0 saturated heterocycles. The van der Waals surface area contributed by atoms with Crippen molar-refractivity contribution >= 4 is 33.3 Å². The molecule has 0 bridgehead atoms. The standard InChI is InChI=1S/C23H22BrF3N6O3/c24-11-1-4-16-17(30-21(23(25,26)27)32(16)9-11)19(35)29-12-5-22(6-12)7-14(8-22)36-20-15(18(28)34)10-33(31-20)13-2-3-13/h1,4,9-10,12-14H,2-3,5-8H2,(H2,28,34)(H,29,35)/t12-,14-,22?. The van der Waals surface area contributed by atoms with Gasteiger partial charge in [-0.15, -0.1) is 5.10 Å². The van der Waals surface area contributed by atoms with Gasteiger partial charge in [-0.3, -0.25) is 18.7 Å². The van der Waals surface area contributed by atoms with Crippen molar-refractivity contribution < 1.29 is 27.5 Å². The lowest BCUT2D eigenvalue weighted by Gasteiger charge is -2.57. The molecule has 0 aliphatic heterocycles. The van der Waals surface area contributed by atoms with Gasteiger partial charge in [0.2, 0.25) is 11.7 Å². The van der Waals surface area contributed by atoms with Crippen LogP contribution < -0.4 is 15.8 Å². The number of imidazole rings is 1. The molecule has 36 heavy (non-hydrogen) atoms. The maximum atomic E-state index is 13.5. The number of halogens is 4. The van der Waals surface area contributed by atoms with Crippen LogP contribution in [0, 0.1) is 5.41 Å². The van der Waals surface area contributed by atoms with E-state index < -0.39 is 23.8 Å². The van der Waals surface area contributed by atoms with Crippen molar-refractivity contribution in [2.45, 2.75) is 62.9 Å². The minimum absolute atomic E-state index is 0.00677. The van der Waals surface area contributed by atoms with Crippen LogP contribution in [0.4, 0.5) is 13.2 Å². The molecule has 3 fully saturated rings. The Morgan fingerprint density at radius 1 is 1.17 bits per heavy atom. The molecule has 3 heterocycles. The first kappa shape index (κ1) is 23.3. The van der Waals surface area contributed by atoms with Crippen LogP contribution in [-0.4, -0.2) is 43.1 Å². The monoisotopic (exact) mass is 566 g/mol. The summed E-state index contributed by atoms with van der Waals surface area (Å²) in [5.41, 5.74) is 5.59. The summed E-state index contributed by atoms with van der Waals surface area (Å²) in [4.78, 5) is 28.2. The van der Waals surface area contributed by atoms with E-state index in [4.69, 9.17) is 10.5 Å². The van der Waals surface area contributed by atoms with E-state index in [1.165, 1.54) is 12.3 Å². The molecular weight excluding hydrogens is 545 g/mol. The fourth-order valence-electron chi connectivity index (χ4n) is 5.41. The molecule has 190 valence electrons. The maximum Gasteiger partial charge on any atom is 0.450 e. The van der Waals surface area contributed by atoms with Gasteiger partial charge in [0.15, 0.2) is 5.69 Å². The summed E-state index contributed by atoms with van der Waals surface area (Å²) in [5, 5.41) is 7.22. The van der Waals surface area contributed by atoms with E-state index in [1.807, 2.05) is 0 Å². The zero-order valence-electron chi connectivity index (χ0n) is 18.9. The van der Waals surface area contributed by atoms with Crippen LogP contribution in [0.3, 0.4) is 0 Å². The Kier molecular flexibility index (Phi) is 5.15. The van der Waals surface area contributed by atoms with E-state index >= 15 is 0 Å². The van der Waals surface area contributed by atoms with Crippen LogP contribution >= 0.6 is 15.9 Å². The normalized spacial score (nSPS) is 25.4. The molecule has 2 amide bonds. The fraction of sp³-hybridized carbons (Fsp3) is 0.478. The molecule has 3 aromatic heterocycles. The van der Waals surface area contributed by atoms with Gasteiger partial charge in [0.1, 0.15) is 11.7 Å². The number of nitrogens with one attached hydrogen (secondary N) is 1. The molecule has 3 aromatic rings. The summed E-state index contributed by atoms with van der Waals surface area (Å²) in [6, 6.07) is 3.14. The molecule has 0 atom stereocenters. The first-order valence-corrected chi connectivity index (χ1v) is 12.4. The lowest BCUT2D eigenvalue weighted by molar-refractivity contribution is -0.145. The summed E-state index contributed by atoms with van der Waals surface area (Å²) >= 11 is 3.16. The summed E-state index contributed by atoms with van der Waals surface area (Å²) in [7, 11) is 0. The number of carbonyl (C=O) groups is 2. The number of amides is 2. The third kappa shape index (κ3) is 4.02. The lowest BCUT2D eigenvalue weighted by atomic mass is 9.53. The largest absolute Gasteiger partial charge is 0.473 e. The molecule has 1 spiro atoms. The van der Waals surface area contributed by atoms with Crippen molar-refractivity contribution in [2.24, 2.45) is 11.1 Å². The SMILES string of the molecule is NC(=O)c1cn(C2CC2)nc1O[C@H]1CC2(C[C@H](NC(=O)c3nc(C(F)(F)F)n4cc(Br)ccc34)C2)C1. The van der Waals surface area contributed by atoms with Gasteiger partial charge in [-0.05, 0) is 72.0 Å². The molecule has 9 nitrogen and oxygen atoms in total. The third-order valence-electron chi connectivity index (χ3n) is 7.25. The number of primary amides is 1. The van der Waals surface area contributed by atoms with Crippen LogP contribution in [0.25, 0.3) is 5.52 Å². The number of hydrogen-bond acceptors (Lipinski definition) is 5. The van der Waals surface area contributed by atoms with Gasteiger partial charge in [-0.1, -0.05) is 0 Å². The van der Waals surface area contributed by atoms with Gasteiger partial charge < -0.3 is 15.8 Å². The Balaban J connectivity index is 1.07. The highest BCUT2D eigenvalue weighted by Gasteiger charge is 2.54. The van der Waals surface area contributed by atoms with Gasteiger partial charge in [0, 0.05) is 22.9 Å². The number of hydrogen-bond donors (Lipinski definition) is 2. The second-order valence-corrected chi connectivity index (χ2v) is 11.0. The fourth-order valence-corrected chi connectivity index (χ4v) is 5.74. The van der Waals surface area contributed by atoms with Crippen LogP contribution in [0.1, 0.15) is 71.2 Å². The van der Waals surface area contributed by atoms with Crippen molar-refractivity contribution in [3.8, 4) is 5.88 Å². The van der Waals surface area contributed by atoms with Crippen LogP contribution in [-0.2, 0) is 6.18 Å². The predicted molar refractivity (Wildman–Crippen MR) is 123 cm³/mol. The van der Waals surface area contributed by atoms with Crippen LogP contribution in [0.5, 0.6) is 5.88 Å². The average molecular weight is 567 g/mol. The van der Waals surface area contributed by atoms with Gasteiger partial charge in [0.05, 0.1) is 11.6 Å². The van der Waals surface area contributed by atoms with Gasteiger partial charge in [-0.25, -0.2) is 4.98 Å². The zero-order valence-corrected chi connectivity index (χ0v) is 20.5. The Hall–Kier alpha value is -3.09. The summed E-state index contributed by atoms with van der Waals surface area (Å²) in [6.07, 6.45) is 2.99. The zero-order chi connectivity index (χ0) is 25.4. The van der Waals surface area contributed by atoms with Crippen molar-refractivity contribution in [3.63, 3.8) is 0 Å². The van der Waals surface area contributed by atoms with E-state index in [1.54, 1.807) is 16.9 Å². The second kappa shape index (κ2) is 7.95. The number of rotatable bonds is 6. The first-order chi connectivity index (χ1) is 17.0. The molecule has 0 unspecified atom stereocenters. The number of aromatic nitrogens is 4. The van der Waals surface area contributed by atoms with Crippen molar-refractivity contribution in [3.05, 3.63) is 46.1 Å². The number of ether oxygens (including phenoxy) is 1. The van der Waals surface area contributed by atoms with E-state index in [0.717, 1.165) is 30.1 Å². The van der Waals surface area contributed by atoms with Crippen molar-refractivity contribution in [1.29, 1.82) is 0 Å². The molecule has 0 radical (unpaired) electrons. The third-order valence-corrected chi connectivity index (χ3v) is 7.72. The van der Waals surface area contributed by atoms with E-state index in [0.29, 0.717) is 23.4 Å². The highest BCUT2D eigenvalue weighted by molar-refractivity contribution is 9.10. The number of carbonyl (C=O) groups excluding carboxylic acids is 2. The average Bonchev–Trinajstić information content (AvgIpc) is 3.38. The molecule has 13 heteroatoms. The minimum atomic E-state index is -4.70. The molecule has 3 aliphatic rings. The molecule has 0 aromatic carbocycles. The Bertz CT molecular complexity index is 1380. The van der Waals surface area contributed by atoms with Crippen molar-refractivity contribution in [2.75, 3.05) is 0 Å². The number of nitrogens with zero attached hydrogens (tertiary/aromatic N) is 4. The minimum Gasteiger partial charge on any atom is -0.473 e. The number of fused-ring (bicyclic) bond motifs is 1. The lowest BCUT2D eigenvalue weighted by Crippen LogP contribution is -2.58. The molecule has 3 saturated carbocycles. The van der Waals surface area contributed by atoms with Crippen molar-refractivity contribution in [1.82, 2.24) is 24.5 Å². The molecule has 3 aliphatic carbocycles. The Morgan fingerprint density at radius 3 is 2.53 bits per heavy atom. The van der Waals surface area contributed by atoms with E-state index in [2.05, 4.69) is 31.3 Å². The maximum absolute atomic E-state index is 13.5. The summed E-state index contributed by atoms with van der Waals surface area (Å²) in [6.45, 7) is 0. The second-order valence-electron chi connectivity index (χ2n) is 10.0. The smallest absolute Gasteiger partial charge is 0.450 e. The molecule has 6 rings (SSSR count). The topological polar surface area (TPSA) is 117 Å². The summed E-state index contributed by atoms with van der Waals surface area (Å²) < 4.78 is 49.4. The van der Waals surface area contributed by atoms with Gasteiger partial charge >= 0.3 is 6.18 Å². The summed E-state index contributed by atoms with van der Waals surface area (Å²) in [5.74, 6) is -2.09. The number of alkyl halides is 3. The van der Waals surface area contributed by atoms with Crippen LogP contribution in [0.2, 0.25) is 0 Å². The highest BCUT2D eigenvalue weighted by Crippen LogP contribution is 2.57. The molecular formula is C23H22BrF3N6O3. The van der Waals surface area contributed by atoms with E-state index in [9.17, 15) is 22.8 Å². The quantitative estimate of drug-likeness (QED) is 0.470. The van der Waals surface area contributed by atoms with Crippen LogP contribution in [0.15, 0.2) is 29.0 Å². The number of pyridine rings is 1. The highest BCUT2D eigenvalue weighted by atomic mass is 79.9. The Morgan fingerprint density at radius 2 is 1.89 bits per heavy atom. The number of nitrogens with two attached hydrogens (primary N) is 1. The van der Waals surface area contributed by atoms with Gasteiger partial charge in [-0.2, -0.15) is 13.2 Å².